The zero-order valence-corrected chi connectivity index (χ0v) is 18.5. The molecular weight excluding hydrogens is 400 g/mol. The highest BCUT2D eigenvalue weighted by atomic mass is 16.5. The molecule has 0 radical (unpaired) electrons. The highest BCUT2D eigenvalue weighted by Gasteiger charge is 2.40. The predicted molar refractivity (Wildman–Crippen MR) is 128 cm³/mol. The lowest BCUT2D eigenvalue weighted by Gasteiger charge is -2.15. The zero-order valence-electron chi connectivity index (χ0n) is 18.5. The van der Waals surface area contributed by atoms with Crippen LogP contribution in [0.25, 0.3) is 5.57 Å². The molecule has 0 bridgehead atoms. The molecule has 0 spiro atoms. The number of carbonyl (C=O) groups excluding carboxylic acids is 2. The van der Waals surface area contributed by atoms with E-state index in [1.54, 1.807) is 12.1 Å². The van der Waals surface area contributed by atoms with Gasteiger partial charge in [0.05, 0.1) is 17.9 Å². The average molecular weight is 427 g/mol. The van der Waals surface area contributed by atoms with Crippen LogP contribution in [0.15, 0.2) is 78.5 Å². The maximum absolute atomic E-state index is 13.5. The number of benzene rings is 3. The van der Waals surface area contributed by atoms with Crippen molar-refractivity contribution in [1.82, 2.24) is 0 Å². The van der Waals surface area contributed by atoms with E-state index in [0.29, 0.717) is 29.2 Å². The molecule has 3 aromatic carbocycles. The third-order valence-corrected chi connectivity index (χ3v) is 5.46. The molecule has 4 rings (SSSR count). The lowest BCUT2D eigenvalue weighted by Crippen LogP contribution is -2.32. The van der Waals surface area contributed by atoms with Crippen LogP contribution in [0.4, 0.5) is 11.4 Å². The number of nitrogens with zero attached hydrogens (tertiary/aromatic N) is 1. The topological polar surface area (TPSA) is 58.6 Å². The third-order valence-electron chi connectivity index (χ3n) is 5.46. The van der Waals surface area contributed by atoms with Crippen LogP contribution < -0.4 is 15.0 Å². The Morgan fingerprint density at radius 1 is 0.812 bits per heavy atom. The predicted octanol–water partition coefficient (Wildman–Crippen LogP) is 5.35. The van der Waals surface area contributed by atoms with Crippen LogP contribution in [-0.4, -0.2) is 18.4 Å². The maximum Gasteiger partial charge on any atom is 0.282 e. The van der Waals surface area contributed by atoms with E-state index in [1.165, 1.54) is 10.5 Å². The first-order valence-electron chi connectivity index (χ1n) is 10.8. The molecule has 1 aliphatic heterocycles. The Morgan fingerprint density at radius 2 is 1.47 bits per heavy atom. The van der Waals surface area contributed by atoms with Crippen LogP contribution in [-0.2, 0) is 16.0 Å². The second-order valence-electron chi connectivity index (χ2n) is 7.66. The normalized spacial score (nSPS) is 13.7. The fourth-order valence-electron chi connectivity index (χ4n) is 3.69. The van der Waals surface area contributed by atoms with Crippen molar-refractivity contribution in [2.24, 2.45) is 0 Å². The Labute approximate surface area is 188 Å². The summed E-state index contributed by atoms with van der Waals surface area (Å²) in [5.41, 5.74) is 4.84. The van der Waals surface area contributed by atoms with Gasteiger partial charge in [0.1, 0.15) is 11.4 Å². The third kappa shape index (κ3) is 4.14. The van der Waals surface area contributed by atoms with Gasteiger partial charge in [0, 0.05) is 5.69 Å². The highest BCUT2D eigenvalue weighted by Crippen LogP contribution is 2.34. The highest BCUT2D eigenvalue weighted by molar-refractivity contribution is 6.46. The fraction of sp³-hybridized carbons (Fsp3) is 0.185. The first-order valence-corrected chi connectivity index (χ1v) is 10.8. The number of imide groups is 1. The number of aryl methyl sites for hydroxylation is 2. The maximum atomic E-state index is 13.5. The van der Waals surface area contributed by atoms with Crippen LogP contribution in [0, 0.1) is 6.92 Å². The zero-order chi connectivity index (χ0) is 22.7. The van der Waals surface area contributed by atoms with Gasteiger partial charge in [-0.2, -0.15) is 0 Å². The molecule has 0 aromatic heterocycles. The fourth-order valence-corrected chi connectivity index (χ4v) is 3.69. The van der Waals surface area contributed by atoms with E-state index in [2.05, 4.69) is 12.2 Å². The van der Waals surface area contributed by atoms with Gasteiger partial charge in [-0.25, -0.2) is 4.90 Å². The molecule has 1 N–H and O–H groups in total. The van der Waals surface area contributed by atoms with Crippen molar-refractivity contribution < 1.29 is 14.3 Å². The first kappa shape index (κ1) is 21.4. The smallest absolute Gasteiger partial charge is 0.282 e. The van der Waals surface area contributed by atoms with E-state index in [0.717, 1.165) is 17.7 Å². The SMILES string of the molecule is CCOc1ccc(C2=C(Nc3ccc(CC)cc3)C(=O)N(c3ccc(C)cc3)C2=O)cc1. The van der Waals surface area contributed by atoms with Gasteiger partial charge in [-0.05, 0) is 67.8 Å². The van der Waals surface area contributed by atoms with Crippen LogP contribution >= 0.6 is 0 Å². The molecule has 3 aromatic rings. The number of hydrogen-bond acceptors (Lipinski definition) is 4. The Kier molecular flexibility index (Phi) is 6.08. The number of carbonyl (C=O) groups is 2. The number of ether oxygens (including phenoxy) is 1. The Bertz CT molecular complexity index is 1160. The molecule has 1 heterocycles. The van der Waals surface area contributed by atoms with Crippen molar-refractivity contribution in [3.63, 3.8) is 0 Å². The monoisotopic (exact) mass is 426 g/mol. The van der Waals surface area contributed by atoms with Crippen molar-refractivity contribution in [2.75, 3.05) is 16.8 Å². The Morgan fingerprint density at radius 3 is 2.06 bits per heavy atom. The second kappa shape index (κ2) is 9.10. The van der Waals surface area contributed by atoms with E-state index in [4.69, 9.17) is 4.74 Å². The molecule has 0 fully saturated rings. The number of amides is 2. The summed E-state index contributed by atoms with van der Waals surface area (Å²) in [7, 11) is 0. The van der Waals surface area contributed by atoms with Gasteiger partial charge in [0.25, 0.3) is 11.8 Å². The number of hydrogen-bond donors (Lipinski definition) is 1. The number of rotatable bonds is 7. The van der Waals surface area contributed by atoms with Crippen LogP contribution in [0.2, 0.25) is 0 Å². The molecule has 2 amide bonds. The summed E-state index contributed by atoms with van der Waals surface area (Å²) in [5, 5.41) is 3.21. The molecule has 0 aliphatic carbocycles. The van der Waals surface area contributed by atoms with Gasteiger partial charge in [-0.15, -0.1) is 0 Å². The molecule has 0 unspecified atom stereocenters. The van der Waals surface area contributed by atoms with E-state index in [1.807, 2.05) is 74.5 Å². The second-order valence-corrected chi connectivity index (χ2v) is 7.66. The largest absolute Gasteiger partial charge is 0.494 e. The van der Waals surface area contributed by atoms with Crippen molar-refractivity contribution in [2.45, 2.75) is 27.2 Å². The molecule has 5 nitrogen and oxygen atoms in total. The van der Waals surface area contributed by atoms with E-state index < -0.39 is 0 Å². The van der Waals surface area contributed by atoms with Crippen molar-refractivity contribution >= 4 is 28.8 Å². The molecule has 32 heavy (non-hydrogen) atoms. The molecule has 5 heteroatoms. The minimum absolute atomic E-state index is 0.268. The standard InChI is InChI=1S/C27H26N2O3/c1-4-19-8-12-21(13-9-19)28-25-24(20-10-16-23(17-11-20)32-5-2)26(30)29(27(25)31)22-14-6-18(3)7-15-22/h6-17,28H,4-5H2,1-3H3. The minimum Gasteiger partial charge on any atom is -0.494 e. The summed E-state index contributed by atoms with van der Waals surface area (Å²) in [5.74, 6) is -0.00771. The first-order chi connectivity index (χ1) is 15.5. The van der Waals surface area contributed by atoms with Gasteiger partial charge in [0.15, 0.2) is 0 Å². The molecule has 162 valence electrons. The number of anilines is 2. The van der Waals surface area contributed by atoms with Crippen LogP contribution in [0.1, 0.15) is 30.5 Å². The summed E-state index contributed by atoms with van der Waals surface area (Å²) in [6.45, 7) is 6.53. The van der Waals surface area contributed by atoms with E-state index in [-0.39, 0.29) is 17.5 Å². The molecule has 0 atom stereocenters. The van der Waals surface area contributed by atoms with Gasteiger partial charge >= 0.3 is 0 Å². The van der Waals surface area contributed by atoms with E-state index in [9.17, 15) is 9.59 Å². The molecule has 0 saturated carbocycles. The van der Waals surface area contributed by atoms with Crippen molar-refractivity contribution in [3.05, 3.63) is 95.2 Å². The van der Waals surface area contributed by atoms with E-state index >= 15 is 0 Å². The lowest BCUT2D eigenvalue weighted by molar-refractivity contribution is -0.120. The Balaban J connectivity index is 1.76. The number of nitrogens with one attached hydrogen (secondary N) is 1. The molecule has 1 aliphatic rings. The summed E-state index contributed by atoms with van der Waals surface area (Å²) in [6, 6.07) is 22.5. The lowest BCUT2D eigenvalue weighted by atomic mass is 10.0. The van der Waals surface area contributed by atoms with Gasteiger partial charge in [-0.3, -0.25) is 9.59 Å². The average Bonchev–Trinajstić information content (AvgIpc) is 3.05. The van der Waals surface area contributed by atoms with Gasteiger partial charge in [0.2, 0.25) is 0 Å². The quantitative estimate of drug-likeness (QED) is 0.517. The summed E-state index contributed by atoms with van der Waals surface area (Å²) in [6.07, 6.45) is 0.930. The molecular formula is C27H26N2O3. The van der Waals surface area contributed by atoms with Crippen molar-refractivity contribution in [1.29, 1.82) is 0 Å². The summed E-state index contributed by atoms with van der Waals surface area (Å²) >= 11 is 0. The Hall–Kier alpha value is -3.86. The van der Waals surface area contributed by atoms with Crippen LogP contribution in [0.5, 0.6) is 5.75 Å². The summed E-state index contributed by atoms with van der Waals surface area (Å²) < 4.78 is 5.52. The van der Waals surface area contributed by atoms with Crippen LogP contribution in [0.3, 0.4) is 0 Å². The summed E-state index contributed by atoms with van der Waals surface area (Å²) in [4.78, 5) is 28.2. The van der Waals surface area contributed by atoms with Gasteiger partial charge in [-0.1, -0.05) is 48.9 Å². The minimum atomic E-state index is -0.373. The molecule has 0 saturated heterocycles. The van der Waals surface area contributed by atoms with Gasteiger partial charge < -0.3 is 10.1 Å². The van der Waals surface area contributed by atoms with Crippen molar-refractivity contribution in [3.8, 4) is 5.75 Å².